The van der Waals surface area contributed by atoms with Crippen LogP contribution in [0.15, 0.2) is 0 Å². The molecule has 2 heteroatoms. The van der Waals surface area contributed by atoms with Crippen LogP contribution in [-0.4, -0.2) is 17.5 Å². The summed E-state index contributed by atoms with van der Waals surface area (Å²) >= 11 is 0. The molecule has 0 aromatic heterocycles. The molecule has 0 spiro atoms. The second-order valence-electron chi connectivity index (χ2n) is 2.19. The highest BCUT2D eigenvalue weighted by atomic mass is 16.3. The molecule has 0 aromatic carbocycles. The minimum absolute atomic E-state index is 0.264. The molecule has 0 aromatic rings. The largest absolute Gasteiger partial charge is 0.393 e. The third-order valence-corrected chi connectivity index (χ3v) is 1.24. The highest BCUT2D eigenvalue weighted by Crippen LogP contribution is 2.01. The molecule has 0 bridgehead atoms. The molecule has 0 heterocycles. The van der Waals surface area contributed by atoms with E-state index in [1.165, 1.54) is 0 Å². The summed E-state index contributed by atoms with van der Waals surface area (Å²) < 4.78 is 0. The number of hydrogen-bond acceptors (Lipinski definition) is 2. The van der Waals surface area contributed by atoms with Crippen LogP contribution in [0.25, 0.3) is 0 Å². The molecule has 0 saturated carbocycles. The van der Waals surface area contributed by atoms with Crippen molar-refractivity contribution in [2.75, 3.05) is 0 Å². The molecule has 54 valence electrons. The lowest BCUT2D eigenvalue weighted by Gasteiger charge is -2.04. The Balaban J connectivity index is 3.04. The molecule has 1 atom stereocenters. The minimum atomic E-state index is -0.264. The maximum atomic E-state index is 9.80. The van der Waals surface area contributed by atoms with Gasteiger partial charge in [0, 0.05) is 6.42 Å². The van der Waals surface area contributed by atoms with Gasteiger partial charge in [-0.05, 0) is 12.8 Å². The van der Waals surface area contributed by atoms with Crippen LogP contribution < -0.4 is 0 Å². The van der Waals surface area contributed by atoms with E-state index in [9.17, 15) is 4.79 Å². The standard InChI is InChI=1S/C7H14O2/c1-2-4-7(9)5-3-6-8/h6-7,9H,2-5H2,1H3. The first-order valence-electron chi connectivity index (χ1n) is 3.43. The maximum Gasteiger partial charge on any atom is 0.120 e. The van der Waals surface area contributed by atoms with Gasteiger partial charge in [0.05, 0.1) is 6.10 Å². The van der Waals surface area contributed by atoms with E-state index < -0.39 is 0 Å². The van der Waals surface area contributed by atoms with E-state index in [-0.39, 0.29) is 6.10 Å². The van der Waals surface area contributed by atoms with Gasteiger partial charge in [-0.2, -0.15) is 0 Å². The van der Waals surface area contributed by atoms with Gasteiger partial charge in [0.15, 0.2) is 0 Å². The van der Waals surface area contributed by atoms with E-state index in [2.05, 4.69) is 0 Å². The Hall–Kier alpha value is -0.370. The zero-order chi connectivity index (χ0) is 7.11. The van der Waals surface area contributed by atoms with Crippen molar-refractivity contribution in [2.24, 2.45) is 0 Å². The molecule has 1 unspecified atom stereocenters. The molecule has 0 amide bonds. The predicted molar refractivity (Wildman–Crippen MR) is 36.2 cm³/mol. The molecule has 0 radical (unpaired) electrons. The monoisotopic (exact) mass is 130 g/mol. The van der Waals surface area contributed by atoms with Gasteiger partial charge in [0.2, 0.25) is 0 Å². The molecule has 9 heavy (non-hydrogen) atoms. The molecule has 1 N–H and O–H groups in total. The fourth-order valence-electron chi connectivity index (χ4n) is 0.738. The third-order valence-electron chi connectivity index (χ3n) is 1.24. The Morgan fingerprint density at radius 3 is 2.67 bits per heavy atom. The molecule has 0 fully saturated rings. The Kier molecular flexibility index (Phi) is 5.52. The van der Waals surface area contributed by atoms with Gasteiger partial charge in [0.25, 0.3) is 0 Å². The van der Waals surface area contributed by atoms with Crippen LogP contribution in [-0.2, 0) is 4.79 Å². The minimum Gasteiger partial charge on any atom is -0.393 e. The molecule has 0 aliphatic heterocycles. The smallest absolute Gasteiger partial charge is 0.120 e. The second-order valence-corrected chi connectivity index (χ2v) is 2.19. The number of aliphatic hydroxyl groups is 1. The van der Waals surface area contributed by atoms with Gasteiger partial charge >= 0.3 is 0 Å². The van der Waals surface area contributed by atoms with Crippen molar-refractivity contribution >= 4 is 6.29 Å². The van der Waals surface area contributed by atoms with Crippen LogP contribution in [0.1, 0.15) is 32.6 Å². The normalized spacial score (nSPS) is 13.1. The van der Waals surface area contributed by atoms with Crippen LogP contribution in [0, 0.1) is 0 Å². The van der Waals surface area contributed by atoms with E-state index in [0.717, 1.165) is 19.1 Å². The van der Waals surface area contributed by atoms with Crippen molar-refractivity contribution in [3.63, 3.8) is 0 Å². The second kappa shape index (κ2) is 5.76. The van der Waals surface area contributed by atoms with Crippen molar-refractivity contribution in [3.05, 3.63) is 0 Å². The Morgan fingerprint density at radius 2 is 2.22 bits per heavy atom. The van der Waals surface area contributed by atoms with Crippen molar-refractivity contribution in [3.8, 4) is 0 Å². The van der Waals surface area contributed by atoms with Crippen molar-refractivity contribution in [2.45, 2.75) is 38.7 Å². The van der Waals surface area contributed by atoms with E-state index in [0.29, 0.717) is 12.8 Å². The summed E-state index contributed by atoms with van der Waals surface area (Å²) in [5.41, 5.74) is 0. The zero-order valence-electron chi connectivity index (χ0n) is 5.84. The van der Waals surface area contributed by atoms with Crippen molar-refractivity contribution in [1.82, 2.24) is 0 Å². The topological polar surface area (TPSA) is 37.3 Å². The lowest BCUT2D eigenvalue weighted by Crippen LogP contribution is -2.04. The quantitative estimate of drug-likeness (QED) is 0.566. The SMILES string of the molecule is CCCC(O)CCC=O. The van der Waals surface area contributed by atoms with E-state index in [4.69, 9.17) is 5.11 Å². The summed E-state index contributed by atoms with van der Waals surface area (Å²) in [6, 6.07) is 0. The van der Waals surface area contributed by atoms with Gasteiger partial charge in [0.1, 0.15) is 6.29 Å². The van der Waals surface area contributed by atoms with Gasteiger partial charge in [-0.1, -0.05) is 13.3 Å². The summed E-state index contributed by atoms with van der Waals surface area (Å²) in [5.74, 6) is 0. The van der Waals surface area contributed by atoms with E-state index in [1.54, 1.807) is 0 Å². The Bertz CT molecular complexity index is 71.3. The fourth-order valence-corrected chi connectivity index (χ4v) is 0.738. The Labute approximate surface area is 55.9 Å². The van der Waals surface area contributed by atoms with E-state index >= 15 is 0 Å². The molecular weight excluding hydrogens is 116 g/mol. The zero-order valence-corrected chi connectivity index (χ0v) is 5.84. The summed E-state index contributed by atoms with van der Waals surface area (Å²) in [6.45, 7) is 2.02. The van der Waals surface area contributed by atoms with Gasteiger partial charge in [-0.15, -0.1) is 0 Å². The fraction of sp³-hybridized carbons (Fsp3) is 0.857. The summed E-state index contributed by atoms with van der Waals surface area (Å²) in [7, 11) is 0. The molecule has 0 saturated heterocycles. The van der Waals surface area contributed by atoms with Crippen molar-refractivity contribution < 1.29 is 9.90 Å². The first-order valence-corrected chi connectivity index (χ1v) is 3.43. The molecule has 2 nitrogen and oxygen atoms in total. The van der Waals surface area contributed by atoms with Crippen LogP contribution >= 0.6 is 0 Å². The highest BCUT2D eigenvalue weighted by molar-refractivity contribution is 5.49. The van der Waals surface area contributed by atoms with Crippen LogP contribution in [0.3, 0.4) is 0 Å². The number of carbonyl (C=O) groups is 1. The van der Waals surface area contributed by atoms with Gasteiger partial charge in [-0.3, -0.25) is 0 Å². The summed E-state index contributed by atoms with van der Waals surface area (Å²) in [5, 5.41) is 9.02. The van der Waals surface area contributed by atoms with Crippen LogP contribution in [0.5, 0.6) is 0 Å². The molecule has 0 aliphatic rings. The third kappa shape index (κ3) is 5.50. The average Bonchev–Trinajstić information content (AvgIpc) is 1.85. The maximum absolute atomic E-state index is 9.80. The number of carbonyl (C=O) groups excluding carboxylic acids is 1. The summed E-state index contributed by atoms with van der Waals surface area (Å²) in [6.07, 6.45) is 3.49. The van der Waals surface area contributed by atoms with E-state index in [1.807, 2.05) is 6.92 Å². The molecular formula is C7H14O2. The lowest BCUT2D eigenvalue weighted by atomic mass is 10.1. The lowest BCUT2D eigenvalue weighted by molar-refractivity contribution is -0.108. The first kappa shape index (κ1) is 8.63. The predicted octanol–water partition coefficient (Wildman–Crippen LogP) is 1.13. The molecule has 0 aliphatic carbocycles. The van der Waals surface area contributed by atoms with Crippen molar-refractivity contribution in [1.29, 1.82) is 0 Å². The highest BCUT2D eigenvalue weighted by Gasteiger charge is 1.99. The Morgan fingerprint density at radius 1 is 1.56 bits per heavy atom. The average molecular weight is 130 g/mol. The van der Waals surface area contributed by atoms with Crippen LogP contribution in [0.4, 0.5) is 0 Å². The number of rotatable bonds is 5. The van der Waals surface area contributed by atoms with Crippen LogP contribution in [0.2, 0.25) is 0 Å². The number of hydrogen-bond donors (Lipinski definition) is 1. The summed E-state index contributed by atoms with van der Waals surface area (Å²) in [4.78, 5) is 9.80. The van der Waals surface area contributed by atoms with Gasteiger partial charge < -0.3 is 9.90 Å². The number of aliphatic hydroxyl groups excluding tert-OH is 1. The first-order chi connectivity index (χ1) is 4.31. The molecule has 0 rings (SSSR count). The van der Waals surface area contributed by atoms with Gasteiger partial charge in [-0.25, -0.2) is 0 Å². The number of aldehydes is 1.